The summed E-state index contributed by atoms with van der Waals surface area (Å²) in [6.07, 6.45) is 1.36. The Morgan fingerprint density at radius 1 is 0.857 bits per heavy atom. The number of sulfonamides is 1. The maximum Gasteiger partial charge on any atom is 0.244 e. The summed E-state index contributed by atoms with van der Waals surface area (Å²) >= 11 is 0. The standard InChI is InChI=1S/C27H31N3O4S/c1-21-14-16-23(17-15-21)19-29(25(27(32)28-2)18-22-10-6-4-7-11-22)26(31)20-30(35(3,33)34)24-12-8-5-9-13-24/h4-17,25H,18-20H2,1-3H3,(H,28,32)/t25-/m0/s1. The molecule has 184 valence electrons. The molecule has 0 bridgehead atoms. The van der Waals surface area contributed by atoms with E-state index < -0.39 is 28.5 Å². The predicted molar refractivity (Wildman–Crippen MR) is 138 cm³/mol. The number of amides is 2. The summed E-state index contributed by atoms with van der Waals surface area (Å²) in [5, 5.41) is 2.67. The molecule has 1 atom stereocenters. The van der Waals surface area contributed by atoms with Crippen molar-refractivity contribution in [2.45, 2.75) is 25.9 Å². The van der Waals surface area contributed by atoms with Gasteiger partial charge in [0.2, 0.25) is 21.8 Å². The van der Waals surface area contributed by atoms with Gasteiger partial charge in [-0.25, -0.2) is 8.42 Å². The minimum Gasteiger partial charge on any atom is -0.357 e. The summed E-state index contributed by atoms with van der Waals surface area (Å²) in [5.74, 6) is -0.788. The zero-order chi connectivity index (χ0) is 25.4. The van der Waals surface area contributed by atoms with Crippen LogP contribution in [-0.2, 0) is 32.6 Å². The van der Waals surface area contributed by atoms with Crippen LogP contribution in [0.25, 0.3) is 0 Å². The van der Waals surface area contributed by atoms with Gasteiger partial charge in [-0.1, -0.05) is 78.4 Å². The molecule has 0 aliphatic rings. The first-order valence-corrected chi connectivity index (χ1v) is 13.2. The Balaban J connectivity index is 2.00. The summed E-state index contributed by atoms with van der Waals surface area (Å²) in [6, 6.07) is 24.8. The molecule has 0 aromatic heterocycles. The molecule has 0 saturated carbocycles. The number of nitrogens with zero attached hydrogens (tertiary/aromatic N) is 2. The monoisotopic (exact) mass is 493 g/mol. The van der Waals surface area contributed by atoms with Gasteiger partial charge in [0.05, 0.1) is 11.9 Å². The molecule has 0 spiro atoms. The molecule has 0 heterocycles. The van der Waals surface area contributed by atoms with E-state index in [9.17, 15) is 18.0 Å². The molecule has 35 heavy (non-hydrogen) atoms. The Labute approximate surface area is 207 Å². The number of aryl methyl sites for hydroxylation is 1. The van der Waals surface area contributed by atoms with Crippen molar-refractivity contribution in [3.8, 4) is 0 Å². The zero-order valence-electron chi connectivity index (χ0n) is 20.2. The number of hydrogen-bond acceptors (Lipinski definition) is 4. The average Bonchev–Trinajstić information content (AvgIpc) is 2.85. The van der Waals surface area contributed by atoms with E-state index in [1.807, 2.05) is 61.5 Å². The van der Waals surface area contributed by atoms with Crippen LogP contribution in [0, 0.1) is 6.92 Å². The number of para-hydroxylation sites is 1. The fraction of sp³-hybridized carbons (Fsp3) is 0.259. The highest BCUT2D eigenvalue weighted by molar-refractivity contribution is 7.92. The molecule has 3 aromatic carbocycles. The predicted octanol–water partition coefficient (Wildman–Crippen LogP) is 3.15. The van der Waals surface area contributed by atoms with Gasteiger partial charge in [0, 0.05) is 20.0 Å². The molecule has 7 nitrogen and oxygen atoms in total. The summed E-state index contributed by atoms with van der Waals surface area (Å²) < 4.78 is 26.3. The smallest absolute Gasteiger partial charge is 0.244 e. The molecule has 3 aromatic rings. The minimum atomic E-state index is -3.75. The van der Waals surface area contributed by atoms with E-state index in [0.29, 0.717) is 12.1 Å². The highest BCUT2D eigenvalue weighted by Crippen LogP contribution is 2.20. The minimum absolute atomic E-state index is 0.163. The second kappa shape index (κ2) is 11.7. The van der Waals surface area contributed by atoms with Crippen molar-refractivity contribution in [1.82, 2.24) is 10.2 Å². The summed E-state index contributed by atoms with van der Waals surface area (Å²) in [5.41, 5.74) is 3.20. The fourth-order valence-corrected chi connectivity index (χ4v) is 4.67. The number of anilines is 1. The van der Waals surface area contributed by atoms with E-state index in [-0.39, 0.29) is 12.5 Å². The Morgan fingerprint density at radius 3 is 1.97 bits per heavy atom. The first-order chi connectivity index (χ1) is 16.7. The second-order valence-electron chi connectivity index (χ2n) is 8.43. The Kier molecular flexibility index (Phi) is 8.65. The third kappa shape index (κ3) is 7.16. The lowest BCUT2D eigenvalue weighted by Crippen LogP contribution is -2.52. The van der Waals surface area contributed by atoms with E-state index in [2.05, 4.69) is 5.32 Å². The molecule has 0 radical (unpaired) electrons. The van der Waals surface area contributed by atoms with E-state index in [1.54, 1.807) is 30.3 Å². The van der Waals surface area contributed by atoms with Crippen LogP contribution < -0.4 is 9.62 Å². The van der Waals surface area contributed by atoms with Crippen LogP contribution in [0.2, 0.25) is 0 Å². The van der Waals surface area contributed by atoms with Gasteiger partial charge in [-0.05, 0) is 30.2 Å². The van der Waals surface area contributed by atoms with Crippen molar-refractivity contribution in [3.05, 3.63) is 102 Å². The summed E-state index contributed by atoms with van der Waals surface area (Å²) in [4.78, 5) is 28.2. The number of likely N-dealkylation sites (N-methyl/N-ethyl adjacent to an activating group) is 1. The first kappa shape index (κ1) is 26.0. The van der Waals surface area contributed by atoms with Gasteiger partial charge in [-0.3, -0.25) is 13.9 Å². The SMILES string of the molecule is CNC(=O)[C@H](Cc1ccccc1)N(Cc1ccc(C)cc1)C(=O)CN(c1ccccc1)S(C)(=O)=O. The highest BCUT2D eigenvalue weighted by atomic mass is 32.2. The Morgan fingerprint density at radius 2 is 1.43 bits per heavy atom. The first-order valence-electron chi connectivity index (χ1n) is 11.3. The third-order valence-electron chi connectivity index (χ3n) is 5.71. The number of benzene rings is 3. The lowest BCUT2D eigenvalue weighted by Gasteiger charge is -2.33. The Hall–Kier alpha value is -3.65. The molecular formula is C27H31N3O4S. The third-order valence-corrected chi connectivity index (χ3v) is 6.85. The molecular weight excluding hydrogens is 462 g/mol. The zero-order valence-corrected chi connectivity index (χ0v) is 21.0. The second-order valence-corrected chi connectivity index (χ2v) is 10.3. The van der Waals surface area contributed by atoms with Crippen molar-refractivity contribution in [3.63, 3.8) is 0 Å². The maximum atomic E-state index is 13.7. The van der Waals surface area contributed by atoms with Gasteiger partial charge >= 0.3 is 0 Å². The van der Waals surface area contributed by atoms with Gasteiger partial charge in [-0.2, -0.15) is 0 Å². The molecule has 0 unspecified atom stereocenters. The van der Waals surface area contributed by atoms with Crippen LogP contribution in [0.15, 0.2) is 84.9 Å². The molecule has 0 saturated heterocycles. The number of carbonyl (C=O) groups is 2. The summed E-state index contributed by atoms with van der Waals surface area (Å²) in [6.45, 7) is 1.71. The topological polar surface area (TPSA) is 86.8 Å². The molecule has 0 aliphatic carbocycles. The van der Waals surface area contributed by atoms with Crippen molar-refractivity contribution >= 4 is 27.5 Å². The average molecular weight is 494 g/mol. The van der Waals surface area contributed by atoms with Crippen LogP contribution in [0.3, 0.4) is 0 Å². The van der Waals surface area contributed by atoms with Crippen LogP contribution in [-0.4, -0.2) is 51.0 Å². The number of rotatable bonds is 10. The van der Waals surface area contributed by atoms with Gasteiger partial charge in [0.25, 0.3) is 0 Å². The van der Waals surface area contributed by atoms with Crippen LogP contribution in [0.5, 0.6) is 0 Å². The fourth-order valence-electron chi connectivity index (χ4n) is 3.82. The highest BCUT2D eigenvalue weighted by Gasteiger charge is 2.32. The number of nitrogens with one attached hydrogen (secondary N) is 1. The number of hydrogen-bond donors (Lipinski definition) is 1. The van der Waals surface area contributed by atoms with Gasteiger partial charge in [0.15, 0.2) is 0 Å². The lowest BCUT2D eigenvalue weighted by atomic mass is 10.0. The normalized spacial score (nSPS) is 12.0. The molecule has 2 amide bonds. The van der Waals surface area contributed by atoms with Gasteiger partial charge in [0.1, 0.15) is 12.6 Å². The van der Waals surface area contributed by atoms with E-state index in [1.165, 1.54) is 11.9 Å². The van der Waals surface area contributed by atoms with Crippen LogP contribution >= 0.6 is 0 Å². The van der Waals surface area contributed by atoms with Crippen LogP contribution in [0.1, 0.15) is 16.7 Å². The van der Waals surface area contributed by atoms with Gasteiger partial charge in [-0.15, -0.1) is 0 Å². The quantitative estimate of drug-likeness (QED) is 0.470. The molecule has 0 fully saturated rings. The van der Waals surface area contributed by atoms with Crippen molar-refractivity contribution < 1.29 is 18.0 Å². The van der Waals surface area contributed by atoms with Crippen molar-refractivity contribution in [2.24, 2.45) is 0 Å². The Bertz CT molecular complexity index is 1230. The molecule has 1 N–H and O–H groups in total. The van der Waals surface area contributed by atoms with E-state index in [0.717, 1.165) is 27.3 Å². The molecule has 0 aliphatic heterocycles. The van der Waals surface area contributed by atoms with Crippen molar-refractivity contribution in [2.75, 3.05) is 24.2 Å². The van der Waals surface area contributed by atoms with E-state index in [4.69, 9.17) is 0 Å². The van der Waals surface area contributed by atoms with Crippen molar-refractivity contribution in [1.29, 1.82) is 0 Å². The molecule has 3 rings (SSSR count). The maximum absolute atomic E-state index is 13.7. The molecule has 8 heteroatoms. The van der Waals surface area contributed by atoms with Crippen LogP contribution in [0.4, 0.5) is 5.69 Å². The summed E-state index contributed by atoms with van der Waals surface area (Å²) in [7, 11) is -2.22. The largest absolute Gasteiger partial charge is 0.357 e. The lowest BCUT2D eigenvalue weighted by molar-refractivity contribution is -0.139. The van der Waals surface area contributed by atoms with Gasteiger partial charge < -0.3 is 10.2 Å². The number of carbonyl (C=O) groups excluding carboxylic acids is 2. The van der Waals surface area contributed by atoms with E-state index >= 15 is 0 Å².